The van der Waals surface area contributed by atoms with E-state index in [0.29, 0.717) is 0 Å². The number of imidazole rings is 1. The summed E-state index contributed by atoms with van der Waals surface area (Å²) in [7, 11) is 0. The van der Waals surface area contributed by atoms with Crippen molar-refractivity contribution in [1.29, 1.82) is 0 Å². The molecule has 0 bridgehead atoms. The molecule has 2 aromatic heterocycles. The van der Waals surface area contributed by atoms with E-state index in [4.69, 9.17) is 5.73 Å². The Morgan fingerprint density at radius 3 is 2.94 bits per heavy atom. The lowest BCUT2D eigenvalue weighted by molar-refractivity contribution is 0.722. The average Bonchev–Trinajstić information content (AvgIpc) is 2.68. The van der Waals surface area contributed by atoms with E-state index in [1.807, 2.05) is 36.3 Å². The first-order valence-electron chi connectivity index (χ1n) is 5.82. The van der Waals surface area contributed by atoms with E-state index in [9.17, 15) is 0 Å². The summed E-state index contributed by atoms with van der Waals surface area (Å²) in [6.45, 7) is 4.82. The van der Waals surface area contributed by atoms with E-state index in [1.54, 1.807) is 0 Å². The lowest BCUT2D eigenvalue weighted by atomic mass is 10.2. The molecule has 2 heterocycles. The zero-order chi connectivity index (χ0) is 12.3. The standard InChI is InChI=1S/C13H18N4/c1-10-4-3-5-15-13(10)8-17-7-12(16-9-17)6-11(2)14/h3-5,7,9,11H,6,8,14H2,1-2H3. The average molecular weight is 230 g/mol. The Hall–Kier alpha value is -1.68. The number of hydrogen-bond acceptors (Lipinski definition) is 3. The Balaban J connectivity index is 2.09. The molecule has 90 valence electrons. The maximum atomic E-state index is 5.75. The van der Waals surface area contributed by atoms with Gasteiger partial charge in [-0.25, -0.2) is 4.98 Å². The van der Waals surface area contributed by atoms with Crippen molar-refractivity contribution in [3.05, 3.63) is 47.8 Å². The summed E-state index contributed by atoms with van der Waals surface area (Å²) in [4.78, 5) is 8.71. The van der Waals surface area contributed by atoms with Gasteiger partial charge in [0, 0.05) is 24.9 Å². The van der Waals surface area contributed by atoms with Crippen LogP contribution < -0.4 is 5.73 Å². The van der Waals surface area contributed by atoms with Gasteiger partial charge in [0.2, 0.25) is 0 Å². The molecule has 4 nitrogen and oxygen atoms in total. The topological polar surface area (TPSA) is 56.7 Å². The zero-order valence-electron chi connectivity index (χ0n) is 10.3. The highest BCUT2D eigenvalue weighted by Crippen LogP contribution is 2.07. The Bertz CT molecular complexity index is 488. The monoisotopic (exact) mass is 230 g/mol. The largest absolute Gasteiger partial charge is 0.331 e. The van der Waals surface area contributed by atoms with Gasteiger partial charge in [0.05, 0.1) is 24.3 Å². The number of aryl methyl sites for hydroxylation is 1. The molecule has 0 spiro atoms. The van der Waals surface area contributed by atoms with Gasteiger partial charge in [-0.2, -0.15) is 0 Å². The van der Waals surface area contributed by atoms with Gasteiger partial charge in [-0.15, -0.1) is 0 Å². The molecule has 0 amide bonds. The van der Waals surface area contributed by atoms with Gasteiger partial charge in [-0.3, -0.25) is 4.98 Å². The molecule has 0 aliphatic rings. The second-order valence-electron chi connectivity index (χ2n) is 4.49. The van der Waals surface area contributed by atoms with E-state index in [0.717, 1.165) is 24.4 Å². The highest BCUT2D eigenvalue weighted by atomic mass is 15.0. The molecule has 0 aliphatic carbocycles. The van der Waals surface area contributed by atoms with Crippen LogP contribution in [0.5, 0.6) is 0 Å². The maximum Gasteiger partial charge on any atom is 0.0953 e. The van der Waals surface area contributed by atoms with Crippen molar-refractivity contribution in [2.24, 2.45) is 5.73 Å². The predicted octanol–water partition coefficient (Wildman–Crippen LogP) is 1.52. The number of nitrogens with zero attached hydrogens (tertiary/aromatic N) is 3. The Labute approximate surface area is 102 Å². The molecular formula is C13H18N4. The third-order valence-corrected chi connectivity index (χ3v) is 2.67. The van der Waals surface area contributed by atoms with Gasteiger partial charge in [-0.1, -0.05) is 6.07 Å². The van der Waals surface area contributed by atoms with Crippen LogP contribution >= 0.6 is 0 Å². The van der Waals surface area contributed by atoms with Crippen molar-refractivity contribution in [3.8, 4) is 0 Å². The first-order valence-corrected chi connectivity index (χ1v) is 5.82. The minimum absolute atomic E-state index is 0.148. The van der Waals surface area contributed by atoms with Crippen LogP contribution in [0.3, 0.4) is 0 Å². The molecule has 1 atom stereocenters. The molecule has 0 aliphatic heterocycles. The molecule has 2 aromatic rings. The Kier molecular flexibility index (Phi) is 3.54. The van der Waals surface area contributed by atoms with Gasteiger partial charge < -0.3 is 10.3 Å². The smallest absolute Gasteiger partial charge is 0.0953 e. The maximum absolute atomic E-state index is 5.75. The van der Waals surface area contributed by atoms with Crippen molar-refractivity contribution < 1.29 is 0 Å². The molecule has 2 N–H and O–H groups in total. The van der Waals surface area contributed by atoms with Crippen molar-refractivity contribution in [2.75, 3.05) is 0 Å². The van der Waals surface area contributed by atoms with Crippen LogP contribution in [0.2, 0.25) is 0 Å². The van der Waals surface area contributed by atoms with Crippen LogP contribution in [-0.2, 0) is 13.0 Å². The number of rotatable bonds is 4. The van der Waals surface area contributed by atoms with Crippen molar-refractivity contribution in [3.63, 3.8) is 0 Å². The normalized spacial score (nSPS) is 12.6. The summed E-state index contributed by atoms with van der Waals surface area (Å²) in [5, 5.41) is 0. The minimum Gasteiger partial charge on any atom is -0.331 e. The summed E-state index contributed by atoms with van der Waals surface area (Å²) in [6, 6.07) is 4.17. The SMILES string of the molecule is Cc1cccnc1Cn1cnc(CC(C)N)c1. The molecule has 0 radical (unpaired) electrons. The summed E-state index contributed by atoms with van der Waals surface area (Å²) in [5.41, 5.74) is 9.07. The van der Waals surface area contributed by atoms with Gasteiger partial charge in [0.15, 0.2) is 0 Å². The highest BCUT2D eigenvalue weighted by Gasteiger charge is 2.04. The van der Waals surface area contributed by atoms with Crippen LogP contribution in [0.4, 0.5) is 0 Å². The molecule has 4 heteroatoms. The number of hydrogen-bond donors (Lipinski definition) is 1. The second-order valence-corrected chi connectivity index (χ2v) is 4.49. The molecular weight excluding hydrogens is 212 g/mol. The number of nitrogens with two attached hydrogens (primary N) is 1. The first kappa shape index (κ1) is 11.8. The van der Waals surface area contributed by atoms with E-state index < -0.39 is 0 Å². The van der Waals surface area contributed by atoms with Crippen LogP contribution in [0.1, 0.15) is 23.9 Å². The summed E-state index contributed by atoms with van der Waals surface area (Å²) in [6.07, 6.45) is 6.51. The van der Waals surface area contributed by atoms with Crippen molar-refractivity contribution in [1.82, 2.24) is 14.5 Å². The fourth-order valence-corrected chi connectivity index (χ4v) is 1.79. The van der Waals surface area contributed by atoms with Crippen LogP contribution in [0, 0.1) is 6.92 Å². The van der Waals surface area contributed by atoms with Crippen molar-refractivity contribution in [2.45, 2.75) is 32.9 Å². The molecule has 0 fully saturated rings. The minimum atomic E-state index is 0.148. The van der Waals surface area contributed by atoms with E-state index in [-0.39, 0.29) is 6.04 Å². The quantitative estimate of drug-likeness (QED) is 0.866. The van der Waals surface area contributed by atoms with Crippen LogP contribution in [-0.4, -0.2) is 20.6 Å². The van der Waals surface area contributed by atoms with Crippen molar-refractivity contribution >= 4 is 0 Å². The molecule has 2 rings (SSSR count). The van der Waals surface area contributed by atoms with Gasteiger partial charge >= 0.3 is 0 Å². The summed E-state index contributed by atoms with van der Waals surface area (Å²) in [5.74, 6) is 0. The molecule has 0 saturated carbocycles. The number of pyridine rings is 1. The summed E-state index contributed by atoms with van der Waals surface area (Å²) >= 11 is 0. The fourth-order valence-electron chi connectivity index (χ4n) is 1.79. The van der Waals surface area contributed by atoms with E-state index in [2.05, 4.69) is 23.0 Å². The van der Waals surface area contributed by atoms with Gasteiger partial charge in [0.1, 0.15) is 0 Å². The van der Waals surface area contributed by atoms with Crippen LogP contribution in [0.25, 0.3) is 0 Å². The second kappa shape index (κ2) is 5.10. The molecule has 0 saturated heterocycles. The summed E-state index contributed by atoms with van der Waals surface area (Å²) < 4.78 is 2.05. The van der Waals surface area contributed by atoms with Gasteiger partial charge in [-0.05, 0) is 25.5 Å². The Morgan fingerprint density at radius 1 is 1.41 bits per heavy atom. The predicted molar refractivity (Wildman–Crippen MR) is 67.7 cm³/mol. The van der Waals surface area contributed by atoms with Crippen LogP contribution in [0.15, 0.2) is 30.9 Å². The molecule has 17 heavy (non-hydrogen) atoms. The fraction of sp³-hybridized carbons (Fsp3) is 0.385. The molecule has 1 unspecified atom stereocenters. The van der Waals surface area contributed by atoms with Gasteiger partial charge in [0.25, 0.3) is 0 Å². The lowest BCUT2D eigenvalue weighted by Gasteiger charge is -2.04. The zero-order valence-corrected chi connectivity index (χ0v) is 10.3. The first-order chi connectivity index (χ1) is 8.15. The Morgan fingerprint density at radius 2 is 2.24 bits per heavy atom. The third-order valence-electron chi connectivity index (χ3n) is 2.67. The third kappa shape index (κ3) is 3.14. The van der Waals surface area contributed by atoms with E-state index >= 15 is 0 Å². The lowest BCUT2D eigenvalue weighted by Crippen LogP contribution is -2.17. The molecule has 0 aromatic carbocycles. The highest BCUT2D eigenvalue weighted by molar-refractivity contribution is 5.18. The number of aromatic nitrogens is 3. The van der Waals surface area contributed by atoms with E-state index in [1.165, 1.54) is 5.56 Å².